The van der Waals surface area contributed by atoms with Crippen molar-refractivity contribution < 1.29 is 9.32 Å². The van der Waals surface area contributed by atoms with Crippen LogP contribution in [-0.2, 0) is 0 Å². The molecule has 2 fully saturated rings. The molecule has 126 valence electrons. The van der Waals surface area contributed by atoms with Crippen molar-refractivity contribution in [3.63, 3.8) is 0 Å². The zero-order valence-electron chi connectivity index (χ0n) is 13.5. The SMILES string of the molecule is NC1CC2CCCC(C1)C2NC(=O)c1cc(-c2ccncc2)on1. The van der Waals surface area contributed by atoms with E-state index in [0.29, 0.717) is 23.3 Å². The molecule has 2 aliphatic carbocycles. The molecule has 0 aromatic carbocycles. The predicted molar refractivity (Wildman–Crippen MR) is 89.0 cm³/mol. The molecule has 1 amide bonds. The van der Waals surface area contributed by atoms with E-state index in [4.69, 9.17) is 10.3 Å². The van der Waals surface area contributed by atoms with E-state index < -0.39 is 0 Å². The van der Waals surface area contributed by atoms with Crippen LogP contribution in [0.4, 0.5) is 0 Å². The predicted octanol–water partition coefficient (Wildman–Crippen LogP) is 2.37. The first-order chi connectivity index (χ1) is 11.7. The van der Waals surface area contributed by atoms with Gasteiger partial charge in [-0.1, -0.05) is 11.6 Å². The van der Waals surface area contributed by atoms with Crippen LogP contribution in [0.15, 0.2) is 35.1 Å². The van der Waals surface area contributed by atoms with Gasteiger partial charge in [-0.2, -0.15) is 0 Å². The summed E-state index contributed by atoms with van der Waals surface area (Å²) in [5.74, 6) is 1.40. The second kappa shape index (κ2) is 6.36. The van der Waals surface area contributed by atoms with Gasteiger partial charge in [-0.25, -0.2) is 0 Å². The molecule has 2 atom stereocenters. The number of aromatic nitrogens is 2. The van der Waals surface area contributed by atoms with Gasteiger partial charge in [0.25, 0.3) is 5.91 Å². The van der Waals surface area contributed by atoms with E-state index in [0.717, 1.165) is 31.2 Å². The summed E-state index contributed by atoms with van der Waals surface area (Å²) in [7, 11) is 0. The second-order valence-corrected chi connectivity index (χ2v) is 6.99. The average molecular weight is 326 g/mol. The Labute approximate surface area is 140 Å². The first-order valence-corrected chi connectivity index (χ1v) is 8.64. The lowest BCUT2D eigenvalue weighted by atomic mass is 9.67. The zero-order valence-corrected chi connectivity index (χ0v) is 13.5. The van der Waals surface area contributed by atoms with Crippen molar-refractivity contribution in [3.05, 3.63) is 36.3 Å². The molecule has 24 heavy (non-hydrogen) atoms. The van der Waals surface area contributed by atoms with Gasteiger partial charge in [0.2, 0.25) is 0 Å². The molecule has 0 aliphatic heterocycles. The third kappa shape index (κ3) is 2.94. The summed E-state index contributed by atoms with van der Waals surface area (Å²) in [5, 5.41) is 7.13. The Balaban J connectivity index is 1.48. The second-order valence-electron chi connectivity index (χ2n) is 6.99. The summed E-state index contributed by atoms with van der Waals surface area (Å²) in [4.78, 5) is 16.6. The summed E-state index contributed by atoms with van der Waals surface area (Å²) in [6, 6.07) is 5.84. The van der Waals surface area contributed by atoms with Gasteiger partial charge in [0, 0.05) is 36.1 Å². The molecule has 0 radical (unpaired) electrons. The molecule has 2 bridgehead atoms. The number of hydrogen-bond donors (Lipinski definition) is 2. The number of pyridine rings is 1. The van der Waals surface area contributed by atoms with Gasteiger partial charge < -0.3 is 15.6 Å². The van der Waals surface area contributed by atoms with Gasteiger partial charge in [-0.05, 0) is 49.7 Å². The van der Waals surface area contributed by atoms with Crippen molar-refractivity contribution in [1.82, 2.24) is 15.5 Å². The number of nitrogens with two attached hydrogens (primary N) is 1. The minimum absolute atomic E-state index is 0.156. The van der Waals surface area contributed by atoms with Crippen LogP contribution < -0.4 is 11.1 Å². The van der Waals surface area contributed by atoms with Crippen LogP contribution in [0.5, 0.6) is 0 Å². The molecule has 2 heterocycles. The molecule has 2 aliphatic rings. The van der Waals surface area contributed by atoms with Gasteiger partial charge in [0.15, 0.2) is 11.5 Å². The van der Waals surface area contributed by atoms with Gasteiger partial charge in [0.05, 0.1) is 0 Å². The number of fused-ring (bicyclic) bond motifs is 2. The van der Waals surface area contributed by atoms with Crippen LogP contribution in [-0.4, -0.2) is 28.1 Å². The number of amides is 1. The van der Waals surface area contributed by atoms with Crippen LogP contribution in [0.25, 0.3) is 11.3 Å². The summed E-state index contributed by atoms with van der Waals surface area (Å²) in [5.41, 5.74) is 7.34. The maximum absolute atomic E-state index is 12.6. The Morgan fingerprint density at radius 1 is 1.21 bits per heavy atom. The van der Waals surface area contributed by atoms with Crippen molar-refractivity contribution in [1.29, 1.82) is 0 Å². The quantitative estimate of drug-likeness (QED) is 0.903. The third-order valence-corrected chi connectivity index (χ3v) is 5.38. The van der Waals surface area contributed by atoms with Crippen molar-refractivity contribution in [2.75, 3.05) is 0 Å². The number of hydrogen-bond acceptors (Lipinski definition) is 5. The highest BCUT2D eigenvalue weighted by Crippen LogP contribution is 2.39. The molecular formula is C18H22N4O2. The molecule has 6 heteroatoms. The fourth-order valence-electron chi connectivity index (χ4n) is 4.28. The molecule has 2 unspecified atom stereocenters. The topological polar surface area (TPSA) is 94.0 Å². The monoisotopic (exact) mass is 326 g/mol. The van der Waals surface area contributed by atoms with Crippen LogP contribution >= 0.6 is 0 Å². The zero-order chi connectivity index (χ0) is 16.5. The number of rotatable bonds is 3. The molecule has 2 aromatic rings. The maximum atomic E-state index is 12.6. The van der Waals surface area contributed by atoms with E-state index in [9.17, 15) is 4.79 Å². The lowest BCUT2D eigenvalue weighted by Gasteiger charge is -2.45. The Kier molecular flexibility index (Phi) is 4.06. The van der Waals surface area contributed by atoms with Gasteiger partial charge in [-0.3, -0.25) is 9.78 Å². The van der Waals surface area contributed by atoms with Crippen LogP contribution in [0.2, 0.25) is 0 Å². The van der Waals surface area contributed by atoms with Crippen molar-refractivity contribution >= 4 is 5.91 Å². The number of carbonyl (C=O) groups is 1. The Morgan fingerprint density at radius 3 is 2.62 bits per heavy atom. The summed E-state index contributed by atoms with van der Waals surface area (Å²) >= 11 is 0. The fraction of sp³-hybridized carbons (Fsp3) is 0.500. The van der Waals surface area contributed by atoms with E-state index in [1.807, 2.05) is 12.1 Å². The van der Waals surface area contributed by atoms with E-state index in [1.54, 1.807) is 18.5 Å². The lowest BCUT2D eigenvalue weighted by molar-refractivity contribution is 0.0748. The molecule has 6 nitrogen and oxygen atoms in total. The van der Waals surface area contributed by atoms with Crippen molar-refractivity contribution in [2.24, 2.45) is 17.6 Å². The highest BCUT2D eigenvalue weighted by Gasteiger charge is 2.40. The van der Waals surface area contributed by atoms with Crippen LogP contribution in [0, 0.1) is 11.8 Å². The minimum atomic E-state index is -0.156. The van der Waals surface area contributed by atoms with E-state index >= 15 is 0 Å². The smallest absolute Gasteiger partial charge is 0.273 e. The van der Waals surface area contributed by atoms with Crippen molar-refractivity contribution in [3.8, 4) is 11.3 Å². The van der Waals surface area contributed by atoms with Crippen LogP contribution in [0.3, 0.4) is 0 Å². The van der Waals surface area contributed by atoms with Gasteiger partial charge in [0.1, 0.15) is 0 Å². The van der Waals surface area contributed by atoms with Crippen molar-refractivity contribution in [2.45, 2.75) is 44.2 Å². The fourth-order valence-corrected chi connectivity index (χ4v) is 4.28. The standard InChI is InChI=1S/C18H22N4O2/c19-14-8-12-2-1-3-13(9-14)17(12)21-18(23)15-10-16(24-22-15)11-4-6-20-7-5-11/h4-7,10,12-14,17H,1-3,8-9,19H2,(H,21,23). The highest BCUT2D eigenvalue weighted by molar-refractivity contribution is 5.93. The first-order valence-electron chi connectivity index (χ1n) is 8.64. The largest absolute Gasteiger partial charge is 0.355 e. The molecule has 3 N–H and O–H groups in total. The number of carbonyl (C=O) groups excluding carboxylic acids is 1. The highest BCUT2D eigenvalue weighted by atomic mass is 16.5. The Hall–Kier alpha value is -2.21. The molecule has 2 saturated carbocycles. The van der Waals surface area contributed by atoms with E-state index in [2.05, 4.69) is 15.5 Å². The van der Waals surface area contributed by atoms with Gasteiger partial charge in [-0.15, -0.1) is 0 Å². The Bertz CT molecular complexity index is 701. The number of nitrogens with zero attached hydrogens (tertiary/aromatic N) is 2. The molecule has 0 spiro atoms. The minimum Gasteiger partial charge on any atom is -0.355 e. The number of nitrogens with one attached hydrogen (secondary N) is 1. The average Bonchev–Trinajstić information content (AvgIpc) is 3.07. The lowest BCUT2D eigenvalue weighted by Crippen LogP contribution is -2.53. The van der Waals surface area contributed by atoms with Crippen LogP contribution in [0.1, 0.15) is 42.6 Å². The molecular weight excluding hydrogens is 304 g/mol. The molecule has 2 aromatic heterocycles. The normalized spacial score (nSPS) is 29.2. The van der Waals surface area contributed by atoms with Gasteiger partial charge >= 0.3 is 0 Å². The third-order valence-electron chi connectivity index (χ3n) is 5.38. The first kappa shape index (κ1) is 15.3. The Morgan fingerprint density at radius 2 is 1.92 bits per heavy atom. The maximum Gasteiger partial charge on any atom is 0.273 e. The van der Waals surface area contributed by atoms with E-state index in [-0.39, 0.29) is 18.0 Å². The summed E-state index contributed by atoms with van der Waals surface area (Å²) < 4.78 is 5.31. The summed E-state index contributed by atoms with van der Waals surface area (Å²) in [6.45, 7) is 0. The molecule has 4 rings (SSSR count). The van der Waals surface area contributed by atoms with E-state index in [1.165, 1.54) is 6.42 Å². The molecule has 0 saturated heterocycles. The summed E-state index contributed by atoms with van der Waals surface area (Å²) in [6.07, 6.45) is 8.91.